The highest BCUT2D eigenvalue weighted by Gasteiger charge is 2.44. The van der Waals surface area contributed by atoms with Gasteiger partial charge >= 0.3 is 0 Å². The molecule has 0 spiro atoms. The van der Waals surface area contributed by atoms with E-state index in [1.807, 2.05) is 24.3 Å². The smallest absolute Gasteiger partial charge is 0.193 e. The molecule has 2 aliphatic rings. The average Bonchev–Trinajstić information content (AvgIpc) is 3.00. The molecule has 28 heavy (non-hydrogen) atoms. The third-order valence-corrected chi connectivity index (χ3v) is 5.97. The SMILES string of the molecule is CCCCCCCc1cccc(C2NC(=S)N=C3c4ccccc4C(=O)C32)c1. The van der Waals surface area contributed by atoms with Crippen LogP contribution in [-0.4, -0.2) is 16.6 Å². The van der Waals surface area contributed by atoms with E-state index in [2.05, 4.69) is 41.5 Å². The highest BCUT2D eigenvalue weighted by atomic mass is 32.1. The Morgan fingerprint density at radius 2 is 1.79 bits per heavy atom. The molecular weight excluding hydrogens is 364 g/mol. The summed E-state index contributed by atoms with van der Waals surface area (Å²) in [6.07, 6.45) is 7.45. The van der Waals surface area contributed by atoms with Gasteiger partial charge in [0.1, 0.15) is 0 Å². The molecule has 2 aromatic rings. The number of nitrogens with zero attached hydrogens (tertiary/aromatic N) is 1. The number of fused-ring (bicyclic) bond motifs is 3. The second-order valence-electron chi connectivity index (χ2n) is 7.72. The predicted molar refractivity (Wildman–Crippen MR) is 118 cm³/mol. The summed E-state index contributed by atoms with van der Waals surface area (Å²) in [7, 11) is 0. The number of benzene rings is 2. The van der Waals surface area contributed by atoms with Gasteiger partial charge in [-0.3, -0.25) is 4.79 Å². The minimum absolute atomic E-state index is 0.138. The summed E-state index contributed by atoms with van der Waals surface area (Å²) in [6.45, 7) is 2.24. The number of rotatable bonds is 7. The van der Waals surface area contributed by atoms with Crippen LogP contribution in [0, 0.1) is 5.92 Å². The number of thiocarbonyl (C=S) groups is 1. The van der Waals surface area contributed by atoms with Gasteiger partial charge < -0.3 is 5.32 Å². The quantitative estimate of drug-likeness (QED) is 0.506. The summed E-state index contributed by atoms with van der Waals surface area (Å²) < 4.78 is 0. The van der Waals surface area contributed by atoms with Gasteiger partial charge in [-0.05, 0) is 36.2 Å². The zero-order chi connectivity index (χ0) is 19.5. The highest BCUT2D eigenvalue weighted by molar-refractivity contribution is 7.80. The third-order valence-electron chi connectivity index (χ3n) is 5.76. The van der Waals surface area contributed by atoms with E-state index in [1.54, 1.807) is 0 Å². The second kappa shape index (κ2) is 8.36. The van der Waals surface area contributed by atoms with Gasteiger partial charge in [0.25, 0.3) is 0 Å². The van der Waals surface area contributed by atoms with Crippen LogP contribution in [0.5, 0.6) is 0 Å². The lowest BCUT2D eigenvalue weighted by molar-refractivity contribution is 0.0944. The molecule has 0 fully saturated rings. The minimum Gasteiger partial charge on any atom is -0.353 e. The van der Waals surface area contributed by atoms with E-state index in [9.17, 15) is 4.79 Å². The number of hydrogen-bond donors (Lipinski definition) is 1. The number of carbonyl (C=O) groups is 1. The molecule has 0 amide bonds. The van der Waals surface area contributed by atoms with Crippen molar-refractivity contribution in [1.29, 1.82) is 0 Å². The number of ketones is 1. The molecule has 0 saturated carbocycles. The fraction of sp³-hybridized carbons (Fsp3) is 0.375. The molecule has 144 valence electrons. The van der Waals surface area contributed by atoms with Gasteiger partial charge in [0.05, 0.1) is 17.7 Å². The average molecular weight is 391 g/mol. The first-order chi connectivity index (χ1) is 13.7. The molecule has 1 aliphatic heterocycles. The molecule has 4 rings (SSSR count). The monoisotopic (exact) mass is 390 g/mol. The molecule has 1 aliphatic carbocycles. The number of hydrogen-bond acceptors (Lipinski definition) is 2. The van der Waals surface area contributed by atoms with Crippen molar-refractivity contribution in [3.05, 3.63) is 70.8 Å². The Morgan fingerprint density at radius 1 is 1.00 bits per heavy atom. The molecule has 0 aromatic heterocycles. The molecule has 1 heterocycles. The number of Topliss-reactive ketones (excluding diaryl/α,β-unsaturated/α-hetero) is 1. The normalized spacial score (nSPS) is 20.4. The largest absolute Gasteiger partial charge is 0.353 e. The first-order valence-corrected chi connectivity index (χ1v) is 10.7. The van der Waals surface area contributed by atoms with Gasteiger partial charge in [-0.2, -0.15) is 0 Å². The van der Waals surface area contributed by atoms with Crippen molar-refractivity contribution in [1.82, 2.24) is 5.32 Å². The number of carbonyl (C=O) groups excluding carboxylic acids is 1. The topological polar surface area (TPSA) is 41.5 Å². The van der Waals surface area contributed by atoms with Crippen molar-refractivity contribution in [2.45, 2.75) is 51.5 Å². The van der Waals surface area contributed by atoms with Crippen molar-refractivity contribution in [2.24, 2.45) is 10.9 Å². The Bertz CT molecular complexity index is 934. The lowest BCUT2D eigenvalue weighted by atomic mass is 9.86. The first kappa shape index (κ1) is 19.0. The van der Waals surface area contributed by atoms with Crippen LogP contribution in [0.3, 0.4) is 0 Å². The van der Waals surface area contributed by atoms with E-state index in [0.717, 1.165) is 28.8 Å². The highest BCUT2D eigenvalue weighted by Crippen LogP contribution is 2.38. The maximum Gasteiger partial charge on any atom is 0.193 e. The van der Waals surface area contributed by atoms with Crippen molar-refractivity contribution in [3.63, 3.8) is 0 Å². The van der Waals surface area contributed by atoms with Gasteiger partial charge in [-0.25, -0.2) is 4.99 Å². The Kier molecular flexibility index (Phi) is 5.67. The first-order valence-electron chi connectivity index (χ1n) is 10.3. The van der Waals surface area contributed by atoms with E-state index in [0.29, 0.717) is 5.11 Å². The van der Waals surface area contributed by atoms with Gasteiger partial charge in [0.15, 0.2) is 10.9 Å². The van der Waals surface area contributed by atoms with E-state index in [1.165, 1.54) is 37.7 Å². The van der Waals surface area contributed by atoms with Gasteiger partial charge in [0.2, 0.25) is 0 Å². The van der Waals surface area contributed by atoms with Crippen molar-refractivity contribution < 1.29 is 4.79 Å². The van der Waals surface area contributed by atoms with Crippen LogP contribution in [0.2, 0.25) is 0 Å². The Labute approximate surface area is 172 Å². The fourth-order valence-corrected chi connectivity index (χ4v) is 4.55. The van der Waals surface area contributed by atoms with E-state index < -0.39 is 0 Å². The zero-order valence-corrected chi connectivity index (χ0v) is 17.1. The van der Waals surface area contributed by atoms with Gasteiger partial charge in [-0.15, -0.1) is 0 Å². The number of aliphatic imine (C=N–C) groups is 1. The Hall–Kier alpha value is -2.33. The zero-order valence-electron chi connectivity index (χ0n) is 16.3. The molecule has 2 aromatic carbocycles. The fourth-order valence-electron chi connectivity index (χ4n) is 4.33. The summed E-state index contributed by atoms with van der Waals surface area (Å²) in [5.41, 5.74) is 4.95. The second-order valence-corrected chi connectivity index (χ2v) is 8.11. The molecule has 1 N–H and O–H groups in total. The van der Waals surface area contributed by atoms with Crippen LogP contribution >= 0.6 is 12.2 Å². The summed E-state index contributed by atoms with van der Waals surface area (Å²) in [6, 6.07) is 16.2. The standard InChI is InChI=1S/C24H26N2OS/c1-2-3-4-5-6-10-16-11-9-12-17(15-16)21-20-22(26-24(28)25-21)18-13-7-8-14-19(18)23(20)27/h7-9,11-15,20-21H,2-6,10H2,1H3,(H,25,28). The summed E-state index contributed by atoms with van der Waals surface area (Å²) in [4.78, 5) is 17.6. The molecule has 3 nitrogen and oxygen atoms in total. The molecular formula is C24H26N2OS. The van der Waals surface area contributed by atoms with Crippen LogP contribution in [0.25, 0.3) is 0 Å². The van der Waals surface area contributed by atoms with Gasteiger partial charge in [0, 0.05) is 11.1 Å². The maximum atomic E-state index is 13.1. The third kappa shape index (κ3) is 3.66. The maximum absolute atomic E-state index is 13.1. The lowest BCUT2D eigenvalue weighted by Crippen LogP contribution is -2.41. The molecule has 2 atom stereocenters. The van der Waals surface area contributed by atoms with Gasteiger partial charge in [-0.1, -0.05) is 81.1 Å². The van der Waals surface area contributed by atoms with E-state index in [-0.39, 0.29) is 17.7 Å². The summed E-state index contributed by atoms with van der Waals surface area (Å²) in [5.74, 6) is -0.164. The Morgan fingerprint density at radius 3 is 2.61 bits per heavy atom. The summed E-state index contributed by atoms with van der Waals surface area (Å²) in [5, 5.41) is 3.77. The van der Waals surface area contributed by atoms with Crippen LogP contribution < -0.4 is 5.32 Å². The number of nitrogens with one attached hydrogen (secondary N) is 1. The van der Waals surface area contributed by atoms with E-state index >= 15 is 0 Å². The van der Waals surface area contributed by atoms with Crippen LogP contribution in [0.15, 0.2) is 53.5 Å². The molecule has 0 radical (unpaired) electrons. The summed E-state index contributed by atoms with van der Waals surface area (Å²) >= 11 is 5.41. The Balaban J connectivity index is 1.57. The van der Waals surface area contributed by atoms with Crippen molar-refractivity contribution in [2.75, 3.05) is 0 Å². The molecule has 0 bridgehead atoms. The van der Waals surface area contributed by atoms with Crippen LogP contribution in [-0.2, 0) is 6.42 Å². The predicted octanol–water partition coefficient (Wildman–Crippen LogP) is 5.43. The van der Waals surface area contributed by atoms with Crippen molar-refractivity contribution in [3.8, 4) is 0 Å². The van der Waals surface area contributed by atoms with Crippen LogP contribution in [0.4, 0.5) is 0 Å². The van der Waals surface area contributed by atoms with Crippen molar-refractivity contribution >= 4 is 28.8 Å². The number of unbranched alkanes of at least 4 members (excludes halogenated alkanes) is 4. The molecule has 0 saturated heterocycles. The molecule has 2 unspecified atom stereocenters. The molecule has 4 heteroatoms. The minimum atomic E-state index is -0.302. The van der Waals surface area contributed by atoms with Crippen LogP contribution in [0.1, 0.15) is 72.1 Å². The van der Waals surface area contributed by atoms with E-state index in [4.69, 9.17) is 12.2 Å². The number of aryl methyl sites for hydroxylation is 1. The lowest BCUT2D eigenvalue weighted by Gasteiger charge is -2.29.